The fraction of sp³-hybridized carbons (Fsp3) is 0. The first kappa shape index (κ1) is 21.8. The van der Waals surface area contributed by atoms with Gasteiger partial charge in [-0.1, -0.05) is 121 Å². The second kappa shape index (κ2) is 9.86. The molecule has 0 radical (unpaired) electrons. The van der Waals surface area contributed by atoms with E-state index in [1.807, 2.05) is 54.6 Å². The first-order valence-electron chi connectivity index (χ1n) is 16.4. The largest absolute Gasteiger partial charge is 0.309 e. The molecule has 0 atom stereocenters. The number of benzene rings is 7. The van der Waals surface area contributed by atoms with Crippen LogP contribution < -0.4 is 0 Å². The molecule has 0 saturated carbocycles. The first-order chi connectivity index (χ1) is 23.0. The Morgan fingerprint density at radius 1 is 0.364 bits per heavy atom. The van der Waals surface area contributed by atoms with Gasteiger partial charge in [0.25, 0.3) is 0 Å². The summed E-state index contributed by atoms with van der Waals surface area (Å²) in [5.74, 6) is 0. The van der Waals surface area contributed by atoms with E-state index in [9.17, 15) is 0 Å². The summed E-state index contributed by atoms with van der Waals surface area (Å²) in [5, 5.41) is 4.68. The van der Waals surface area contributed by atoms with Crippen molar-refractivity contribution >= 4 is 43.6 Å². The summed E-state index contributed by atoms with van der Waals surface area (Å²) in [6, 6.07) is 52.6. The maximum Gasteiger partial charge on any atom is 0.0630 e. The molecular weight excluding hydrogens is 532 g/mol. The third-order valence-electron chi connectivity index (χ3n) is 8.69. The van der Waals surface area contributed by atoms with Crippen LogP contribution >= 0.6 is 0 Å². The van der Waals surface area contributed by atoms with E-state index in [4.69, 9.17) is 4.11 Å². The number of rotatable bonds is 4. The molecule has 2 nitrogen and oxygen atoms in total. The number of hydrogen-bond acceptors (Lipinski definition) is 0. The van der Waals surface area contributed by atoms with Crippen molar-refractivity contribution < 1.29 is 4.11 Å². The van der Waals surface area contributed by atoms with Gasteiger partial charge in [-0.3, -0.25) is 0 Å². The normalized spacial score (nSPS) is 12.6. The molecule has 2 aromatic heterocycles. The van der Waals surface area contributed by atoms with Gasteiger partial charge < -0.3 is 9.13 Å². The summed E-state index contributed by atoms with van der Waals surface area (Å²) in [5.41, 5.74) is 10.2. The lowest BCUT2D eigenvalue weighted by Gasteiger charge is -2.10. The molecule has 0 aliphatic heterocycles. The molecule has 0 bridgehead atoms. The number of hydrogen-bond donors (Lipinski definition) is 0. The molecule has 44 heavy (non-hydrogen) atoms. The van der Waals surface area contributed by atoms with Crippen LogP contribution in [0.3, 0.4) is 0 Å². The quantitative estimate of drug-likeness (QED) is 0.202. The van der Waals surface area contributed by atoms with Gasteiger partial charge in [0.05, 0.1) is 26.2 Å². The molecule has 2 heterocycles. The van der Waals surface area contributed by atoms with E-state index >= 15 is 0 Å². The Bertz CT molecular complexity index is 2670. The summed E-state index contributed by atoms with van der Waals surface area (Å²) in [7, 11) is 0. The standard InChI is InChI=1S/C42H28N2/c1-4-12-29(13-5-1)31-20-23-34(24-21-31)43-37-19-11-10-18-35(37)41-38(43)26-27-39-42(41)36-25-22-32(30-14-6-2-7-15-30)28-40(36)44(39)33-16-8-3-9-17-33/h1-28H/i4D,6D,20D. The Kier molecular flexibility index (Phi) is 4.88. The fourth-order valence-electron chi connectivity index (χ4n) is 6.75. The van der Waals surface area contributed by atoms with Gasteiger partial charge in [-0.05, 0) is 70.8 Å². The molecular formula is C42H28N2. The predicted molar refractivity (Wildman–Crippen MR) is 186 cm³/mol. The first-order valence-corrected chi connectivity index (χ1v) is 14.9. The Balaban J connectivity index is 1.35. The van der Waals surface area contributed by atoms with Crippen molar-refractivity contribution in [3.63, 3.8) is 0 Å². The molecule has 9 rings (SSSR count). The second-order valence-electron chi connectivity index (χ2n) is 11.2. The highest BCUT2D eigenvalue weighted by Gasteiger charge is 2.20. The van der Waals surface area contributed by atoms with Crippen molar-refractivity contribution in [2.75, 3.05) is 0 Å². The molecule has 2 heteroatoms. The van der Waals surface area contributed by atoms with Crippen LogP contribution in [-0.4, -0.2) is 9.13 Å². The van der Waals surface area contributed by atoms with Gasteiger partial charge in [0.15, 0.2) is 0 Å². The van der Waals surface area contributed by atoms with E-state index in [2.05, 4.69) is 100 Å². The summed E-state index contributed by atoms with van der Waals surface area (Å²) in [6.07, 6.45) is 0. The summed E-state index contributed by atoms with van der Waals surface area (Å²) in [6.45, 7) is 0. The lowest BCUT2D eigenvalue weighted by molar-refractivity contribution is 1.17. The van der Waals surface area contributed by atoms with Crippen LogP contribution in [0.5, 0.6) is 0 Å². The molecule has 0 aliphatic rings. The van der Waals surface area contributed by atoms with Gasteiger partial charge in [-0.2, -0.15) is 0 Å². The van der Waals surface area contributed by atoms with E-state index in [1.54, 1.807) is 6.07 Å². The predicted octanol–water partition coefficient (Wildman–Crippen LogP) is 11.2. The molecule has 0 N–H and O–H groups in total. The fourth-order valence-corrected chi connectivity index (χ4v) is 6.75. The minimum atomic E-state index is 0.421. The summed E-state index contributed by atoms with van der Waals surface area (Å²) in [4.78, 5) is 0. The van der Waals surface area contributed by atoms with Crippen LogP contribution in [0.15, 0.2) is 170 Å². The third kappa shape index (κ3) is 3.75. The molecule has 0 aliphatic carbocycles. The van der Waals surface area contributed by atoms with Crippen molar-refractivity contribution in [1.29, 1.82) is 0 Å². The van der Waals surface area contributed by atoms with Crippen LogP contribution in [0.25, 0.3) is 77.2 Å². The van der Waals surface area contributed by atoms with Gasteiger partial charge in [-0.25, -0.2) is 0 Å². The van der Waals surface area contributed by atoms with Crippen molar-refractivity contribution in [3.8, 4) is 33.6 Å². The molecule has 0 spiro atoms. The number of para-hydroxylation sites is 2. The number of nitrogens with zero attached hydrogens (tertiary/aromatic N) is 2. The molecule has 206 valence electrons. The molecule has 7 aromatic carbocycles. The van der Waals surface area contributed by atoms with Crippen LogP contribution in [0.4, 0.5) is 0 Å². The highest BCUT2D eigenvalue weighted by molar-refractivity contribution is 6.29. The van der Waals surface area contributed by atoms with E-state index < -0.39 is 0 Å². The second-order valence-corrected chi connectivity index (χ2v) is 11.2. The molecule has 0 unspecified atom stereocenters. The number of fused-ring (bicyclic) bond motifs is 7. The van der Waals surface area contributed by atoms with E-state index in [0.29, 0.717) is 18.1 Å². The zero-order valence-corrected chi connectivity index (χ0v) is 23.8. The monoisotopic (exact) mass is 563 g/mol. The molecule has 0 saturated heterocycles. The van der Waals surface area contributed by atoms with Crippen LogP contribution in [-0.2, 0) is 0 Å². The number of aromatic nitrogens is 2. The Morgan fingerprint density at radius 2 is 0.955 bits per heavy atom. The van der Waals surface area contributed by atoms with E-state index in [-0.39, 0.29) is 0 Å². The Labute approximate surface area is 259 Å². The highest BCUT2D eigenvalue weighted by Crippen LogP contribution is 2.43. The minimum Gasteiger partial charge on any atom is -0.309 e. The maximum absolute atomic E-state index is 8.99. The lowest BCUT2D eigenvalue weighted by atomic mass is 10.0. The smallest absolute Gasteiger partial charge is 0.0630 e. The van der Waals surface area contributed by atoms with Crippen molar-refractivity contribution in [2.45, 2.75) is 0 Å². The van der Waals surface area contributed by atoms with Crippen molar-refractivity contribution in [1.82, 2.24) is 9.13 Å². The van der Waals surface area contributed by atoms with E-state index in [1.165, 1.54) is 10.8 Å². The highest BCUT2D eigenvalue weighted by atomic mass is 15.0. The maximum atomic E-state index is 8.99. The Morgan fingerprint density at radius 3 is 1.68 bits per heavy atom. The zero-order chi connectivity index (χ0) is 31.6. The molecule has 9 aromatic rings. The van der Waals surface area contributed by atoms with Gasteiger partial charge in [0, 0.05) is 32.9 Å². The average Bonchev–Trinajstić information content (AvgIpc) is 3.61. The summed E-state index contributed by atoms with van der Waals surface area (Å²) >= 11 is 0. The van der Waals surface area contributed by atoms with Crippen molar-refractivity contribution in [2.24, 2.45) is 0 Å². The third-order valence-corrected chi connectivity index (χ3v) is 8.69. The Hall–Kier alpha value is -5.86. The SMILES string of the molecule is [2H]c1cccc(-c2ccc3c4c5c6ccccc6n(-c6ccc(-c7cccc([2H])c7)c([2H])c6)c5ccc4n(-c4ccccc4)c3c2)c1. The minimum absolute atomic E-state index is 0.421. The summed E-state index contributed by atoms with van der Waals surface area (Å²) < 4.78 is 29.9. The zero-order valence-electron chi connectivity index (χ0n) is 26.8. The van der Waals surface area contributed by atoms with Gasteiger partial charge >= 0.3 is 0 Å². The van der Waals surface area contributed by atoms with Crippen molar-refractivity contribution in [3.05, 3.63) is 170 Å². The van der Waals surface area contributed by atoms with Crippen LogP contribution in [0.1, 0.15) is 4.11 Å². The van der Waals surface area contributed by atoms with Gasteiger partial charge in [-0.15, -0.1) is 0 Å². The molecule has 0 amide bonds. The van der Waals surface area contributed by atoms with Gasteiger partial charge in [0.1, 0.15) is 0 Å². The topological polar surface area (TPSA) is 9.86 Å². The van der Waals surface area contributed by atoms with Crippen LogP contribution in [0.2, 0.25) is 0 Å². The average molecular weight is 564 g/mol. The van der Waals surface area contributed by atoms with Crippen LogP contribution in [0, 0.1) is 0 Å². The van der Waals surface area contributed by atoms with E-state index in [0.717, 1.165) is 66.5 Å². The lowest BCUT2D eigenvalue weighted by Crippen LogP contribution is -1.95. The van der Waals surface area contributed by atoms with Gasteiger partial charge in [0.2, 0.25) is 0 Å². The molecule has 0 fully saturated rings.